The molecule has 130 valence electrons. The Hall–Kier alpha value is -2.06. The van der Waals surface area contributed by atoms with Gasteiger partial charge in [0.2, 0.25) is 5.89 Å². The van der Waals surface area contributed by atoms with E-state index in [4.69, 9.17) is 4.52 Å². The maximum atomic E-state index is 12.1. The molecule has 24 heavy (non-hydrogen) atoms. The van der Waals surface area contributed by atoms with Gasteiger partial charge < -0.3 is 14.6 Å². The summed E-state index contributed by atoms with van der Waals surface area (Å²) in [5, 5.41) is 7.40. The summed E-state index contributed by atoms with van der Waals surface area (Å²) in [4.78, 5) is 6.67. The molecule has 1 aliphatic heterocycles. The van der Waals surface area contributed by atoms with Crippen LogP contribution in [0.4, 0.5) is 8.78 Å². The second-order valence-electron chi connectivity index (χ2n) is 5.77. The number of ether oxygens (including phenoxy) is 1. The summed E-state index contributed by atoms with van der Waals surface area (Å²) >= 11 is 0. The van der Waals surface area contributed by atoms with Crippen LogP contribution in [-0.2, 0) is 12.8 Å². The molecule has 1 N–H and O–H groups in total. The first kappa shape index (κ1) is 16.8. The van der Waals surface area contributed by atoms with Crippen molar-refractivity contribution in [3.63, 3.8) is 0 Å². The van der Waals surface area contributed by atoms with Gasteiger partial charge in [-0.15, -0.1) is 0 Å². The molecule has 6 nitrogen and oxygen atoms in total. The number of rotatable bonds is 6. The highest BCUT2D eigenvalue weighted by molar-refractivity contribution is 5.27. The quantitative estimate of drug-likeness (QED) is 0.870. The summed E-state index contributed by atoms with van der Waals surface area (Å²) in [5.74, 6) is 1.43. The van der Waals surface area contributed by atoms with Crippen molar-refractivity contribution >= 4 is 0 Å². The Bertz CT molecular complexity index is 648. The third-order valence-corrected chi connectivity index (χ3v) is 4.07. The van der Waals surface area contributed by atoms with Crippen molar-refractivity contribution in [2.75, 3.05) is 26.7 Å². The molecule has 0 saturated carbocycles. The molecule has 1 atom stereocenters. The van der Waals surface area contributed by atoms with Gasteiger partial charge in [-0.05, 0) is 31.2 Å². The zero-order valence-electron chi connectivity index (χ0n) is 13.4. The number of hydrogen-bond donors (Lipinski definition) is 1. The van der Waals surface area contributed by atoms with Crippen LogP contribution < -0.4 is 10.1 Å². The van der Waals surface area contributed by atoms with Crippen LogP contribution in [0.25, 0.3) is 0 Å². The number of hydrogen-bond acceptors (Lipinski definition) is 6. The first-order valence-electron chi connectivity index (χ1n) is 7.89. The summed E-state index contributed by atoms with van der Waals surface area (Å²) in [7, 11) is 2.05. The number of aromatic nitrogens is 2. The predicted molar refractivity (Wildman–Crippen MR) is 83.0 cm³/mol. The van der Waals surface area contributed by atoms with Crippen molar-refractivity contribution in [3.05, 3.63) is 41.5 Å². The third-order valence-electron chi connectivity index (χ3n) is 4.07. The van der Waals surface area contributed by atoms with Gasteiger partial charge in [0.25, 0.3) is 0 Å². The average Bonchev–Trinajstić information content (AvgIpc) is 3.03. The maximum absolute atomic E-state index is 12.1. The lowest BCUT2D eigenvalue weighted by atomic mass is 10.1. The molecule has 1 aliphatic rings. The van der Waals surface area contributed by atoms with Crippen LogP contribution >= 0.6 is 0 Å². The van der Waals surface area contributed by atoms with E-state index >= 15 is 0 Å². The van der Waals surface area contributed by atoms with Crippen molar-refractivity contribution in [2.24, 2.45) is 0 Å². The van der Waals surface area contributed by atoms with Crippen molar-refractivity contribution in [2.45, 2.75) is 25.5 Å². The number of piperazine rings is 1. The van der Waals surface area contributed by atoms with E-state index in [1.54, 1.807) is 12.1 Å². The zero-order chi connectivity index (χ0) is 16.9. The highest BCUT2D eigenvalue weighted by Gasteiger charge is 2.25. The summed E-state index contributed by atoms with van der Waals surface area (Å²) in [6.07, 6.45) is 1.29. The molecule has 0 amide bonds. The Morgan fingerprint density at radius 2 is 2.12 bits per heavy atom. The number of likely N-dealkylation sites (N-methyl/N-ethyl adjacent to an activating group) is 1. The minimum atomic E-state index is -2.81. The van der Waals surface area contributed by atoms with Gasteiger partial charge in [-0.3, -0.25) is 4.90 Å². The molecule has 0 spiro atoms. The zero-order valence-corrected chi connectivity index (χ0v) is 13.4. The summed E-state index contributed by atoms with van der Waals surface area (Å²) in [6, 6.07) is 6.70. The van der Waals surface area contributed by atoms with Crippen molar-refractivity contribution in [1.82, 2.24) is 20.4 Å². The summed E-state index contributed by atoms with van der Waals surface area (Å²) < 4.78 is 33.9. The predicted octanol–water partition coefficient (Wildman–Crippen LogP) is 2.03. The number of aryl methyl sites for hydroxylation is 2. The van der Waals surface area contributed by atoms with E-state index in [-0.39, 0.29) is 11.8 Å². The van der Waals surface area contributed by atoms with E-state index in [9.17, 15) is 8.78 Å². The van der Waals surface area contributed by atoms with Gasteiger partial charge in [0, 0.05) is 26.1 Å². The molecule has 1 aromatic heterocycles. The van der Waals surface area contributed by atoms with E-state index in [1.165, 1.54) is 12.1 Å². The standard InChI is InChI=1S/C16H20F2N4O2/c1-22-9-8-19-10-13(22)15-20-14(24-21-15)7-4-11-2-5-12(6-3-11)23-16(17)18/h2-3,5-6,13,16,19H,4,7-10H2,1H3. The van der Waals surface area contributed by atoms with Crippen LogP contribution in [0.1, 0.15) is 23.3 Å². The van der Waals surface area contributed by atoms with Crippen molar-refractivity contribution in [1.29, 1.82) is 0 Å². The van der Waals surface area contributed by atoms with E-state index in [2.05, 4.69) is 25.1 Å². The molecule has 0 bridgehead atoms. The molecule has 1 fully saturated rings. The second kappa shape index (κ2) is 7.67. The molecule has 1 saturated heterocycles. The first-order chi connectivity index (χ1) is 11.6. The summed E-state index contributed by atoms with van der Waals surface area (Å²) in [5.41, 5.74) is 0.993. The molecular weight excluding hydrogens is 318 g/mol. The highest BCUT2D eigenvalue weighted by atomic mass is 19.3. The minimum absolute atomic E-state index is 0.127. The Kier molecular flexibility index (Phi) is 5.37. The molecule has 3 rings (SSSR count). The molecule has 8 heteroatoms. The van der Waals surface area contributed by atoms with Crippen LogP contribution in [0.3, 0.4) is 0 Å². The number of alkyl halides is 2. The van der Waals surface area contributed by atoms with Crippen molar-refractivity contribution in [3.8, 4) is 5.75 Å². The lowest BCUT2D eigenvalue weighted by Gasteiger charge is -2.30. The van der Waals surface area contributed by atoms with Crippen LogP contribution in [-0.4, -0.2) is 48.3 Å². The fourth-order valence-corrected chi connectivity index (χ4v) is 2.69. The minimum Gasteiger partial charge on any atom is -0.435 e. The maximum Gasteiger partial charge on any atom is 0.387 e. The van der Waals surface area contributed by atoms with Gasteiger partial charge in [0.05, 0.1) is 6.04 Å². The Morgan fingerprint density at radius 1 is 1.33 bits per heavy atom. The van der Waals surface area contributed by atoms with E-state index in [0.29, 0.717) is 24.6 Å². The fraction of sp³-hybridized carbons (Fsp3) is 0.500. The Balaban J connectivity index is 1.55. The van der Waals surface area contributed by atoms with Crippen molar-refractivity contribution < 1.29 is 18.0 Å². The molecule has 1 unspecified atom stereocenters. The molecule has 2 aromatic rings. The molecule has 1 aromatic carbocycles. The lowest BCUT2D eigenvalue weighted by molar-refractivity contribution is -0.0498. The molecule has 2 heterocycles. The number of halogens is 2. The average molecular weight is 338 g/mol. The SMILES string of the molecule is CN1CCNCC1c1noc(CCc2ccc(OC(F)F)cc2)n1. The van der Waals surface area contributed by atoms with E-state index in [1.807, 2.05) is 7.05 Å². The molecule has 0 radical (unpaired) electrons. The van der Waals surface area contributed by atoms with Crippen LogP contribution in [0.5, 0.6) is 5.75 Å². The van der Waals surface area contributed by atoms with Gasteiger partial charge in [0.1, 0.15) is 5.75 Å². The smallest absolute Gasteiger partial charge is 0.387 e. The van der Waals surface area contributed by atoms with Gasteiger partial charge in [-0.2, -0.15) is 13.8 Å². The fourth-order valence-electron chi connectivity index (χ4n) is 2.69. The summed E-state index contributed by atoms with van der Waals surface area (Å²) in [6.45, 7) is -0.0916. The number of nitrogens with zero attached hydrogens (tertiary/aromatic N) is 3. The van der Waals surface area contributed by atoms with Gasteiger partial charge in [-0.25, -0.2) is 0 Å². The van der Waals surface area contributed by atoms with Crippen LogP contribution in [0.15, 0.2) is 28.8 Å². The first-order valence-corrected chi connectivity index (χ1v) is 7.89. The largest absolute Gasteiger partial charge is 0.435 e. The Labute approximate surface area is 138 Å². The van der Waals surface area contributed by atoms with Crippen LogP contribution in [0, 0.1) is 0 Å². The molecule has 0 aliphatic carbocycles. The normalized spacial score (nSPS) is 18.9. The Morgan fingerprint density at radius 3 is 2.83 bits per heavy atom. The third kappa shape index (κ3) is 4.27. The number of benzene rings is 1. The van der Waals surface area contributed by atoms with Gasteiger partial charge in [-0.1, -0.05) is 17.3 Å². The molecular formula is C16H20F2N4O2. The topological polar surface area (TPSA) is 63.4 Å². The lowest BCUT2D eigenvalue weighted by Crippen LogP contribution is -2.44. The number of nitrogens with one attached hydrogen (secondary N) is 1. The van der Waals surface area contributed by atoms with Crippen LogP contribution in [0.2, 0.25) is 0 Å². The van der Waals surface area contributed by atoms with E-state index in [0.717, 1.165) is 25.2 Å². The highest BCUT2D eigenvalue weighted by Crippen LogP contribution is 2.19. The second-order valence-corrected chi connectivity index (χ2v) is 5.77. The van der Waals surface area contributed by atoms with Gasteiger partial charge in [0.15, 0.2) is 5.82 Å². The monoisotopic (exact) mass is 338 g/mol. The van der Waals surface area contributed by atoms with E-state index < -0.39 is 6.61 Å². The van der Waals surface area contributed by atoms with Gasteiger partial charge >= 0.3 is 6.61 Å².